The largest absolute Gasteiger partial charge is 0.342 e. The van der Waals surface area contributed by atoms with Crippen molar-refractivity contribution in [1.29, 1.82) is 0 Å². The number of unbranched alkanes of at least 4 members (excludes halogenated alkanes) is 3. The van der Waals surface area contributed by atoms with Crippen LogP contribution in [-0.4, -0.2) is 25.7 Å². The van der Waals surface area contributed by atoms with Crippen LogP contribution in [0.4, 0.5) is 0 Å². The molecule has 0 saturated heterocycles. The molecule has 0 fully saturated rings. The molecule has 0 aromatic rings. The predicted molar refractivity (Wildman–Crippen MR) is 62.3 cm³/mol. The minimum Gasteiger partial charge on any atom is -0.342 e. The average Bonchev–Trinajstić information content (AvgIpc) is 2.21. The lowest BCUT2D eigenvalue weighted by molar-refractivity contribution is -0.739. The van der Waals surface area contributed by atoms with Crippen molar-refractivity contribution in [3.8, 4) is 0 Å². The number of quaternary nitrogens is 2. The maximum absolute atomic E-state index is 2.47. The van der Waals surface area contributed by atoms with E-state index in [-0.39, 0.29) is 0 Å². The second-order valence-electron chi connectivity index (χ2n) is 4.34. The zero-order valence-corrected chi connectivity index (χ0v) is 10.4. The summed E-state index contributed by atoms with van der Waals surface area (Å²) in [6.45, 7) is 10.7. The molecule has 0 spiro atoms. The SMILES string of the molecule is CCCCCC[NH2+]CC[NH2+][C@H](C)CC. The van der Waals surface area contributed by atoms with E-state index in [4.69, 9.17) is 0 Å². The Kier molecular flexibility index (Phi) is 10.9. The molecule has 1 atom stereocenters. The van der Waals surface area contributed by atoms with E-state index in [2.05, 4.69) is 31.4 Å². The molecule has 0 rings (SSSR count). The third-order valence-corrected chi connectivity index (χ3v) is 2.85. The maximum atomic E-state index is 2.47. The normalized spacial score (nSPS) is 13.1. The van der Waals surface area contributed by atoms with E-state index in [0.29, 0.717) is 0 Å². The lowest BCUT2D eigenvalue weighted by atomic mass is 10.2. The van der Waals surface area contributed by atoms with E-state index in [1.54, 1.807) is 0 Å². The lowest BCUT2D eigenvalue weighted by Gasteiger charge is -2.06. The highest BCUT2D eigenvalue weighted by Crippen LogP contribution is 1.95. The van der Waals surface area contributed by atoms with Gasteiger partial charge in [0.2, 0.25) is 0 Å². The summed E-state index contributed by atoms with van der Waals surface area (Å²) in [6.07, 6.45) is 6.87. The van der Waals surface area contributed by atoms with Crippen LogP contribution in [0.5, 0.6) is 0 Å². The zero-order chi connectivity index (χ0) is 10.6. The van der Waals surface area contributed by atoms with E-state index in [1.165, 1.54) is 51.7 Å². The minimum atomic E-state index is 0.809. The summed E-state index contributed by atoms with van der Waals surface area (Å²) in [5.41, 5.74) is 0. The highest BCUT2D eigenvalue weighted by molar-refractivity contribution is 4.38. The summed E-state index contributed by atoms with van der Waals surface area (Å²) >= 11 is 0. The number of hydrogen-bond acceptors (Lipinski definition) is 0. The smallest absolute Gasteiger partial charge is 0.125 e. The summed E-state index contributed by atoms with van der Waals surface area (Å²) in [5.74, 6) is 0. The molecule has 0 heterocycles. The van der Waals surface area contributed by atoms with Gasteiger partial charge in [-0.2, -0.15) is 0 Å². The van der Waals surface area contributed by atoms with Crippen LogP contribution in [0.3, 0.4) is 0 Å². The Hall–Kier alpha value is -0.0800. The molecule has 0 aliphatic carbocycles. The van der Waals surface area contributed by atoms with Crippen molar-refractivity contribution in [2.75, 3.05) is 19.6 Å². The van der Waals surface area contributed by atoms with Crippen LogP contribution in [-0.2, 0) is 0 Å². The van der Waals surface area contributed by atoms with Gasteiger partial charge in [-0.1, -0.05) is 26.7 Å². The van der Waals surface area contributed by atoms with Crippen LogP contribution in [0.15, 0.2) is 0 Å². The van der Waals surface area contributed by atoms with Gasteiger partial charge in [-0.15, -0.1) is 0 Å². The van der Waals surface area contributed by atoms with Crippen molar-refractivity contribution in [2.24, 2.45) is 0 Å². The number of hydrogen-bond donors (Lipinski definition) is 2. The molecular weight excluding hydrogens is 172 g/mol. The second-order valence-corrected chi connectivity index (χ2v) is 4.34. The van der Waals surface area contributed by atoms with Crippen molar-refractivity contribution < 1.29 is 10.6 Å². The predicted octanol–water partition coefficient (Wildman–Crippen LogP) is 0.492. The van der Waals surface area contributed by atoms with Crippen molar-refractivity contribution in [3.63, 3.8) is 0 Å². The fourth-order valence-electron chi connectivity index (χ4n) is 1.53. The van der Waals surface area contributed by atoms with Crippen molar-refractivity contribution in [1.82, 2.24) is 0 Å². The van der Waals surface area contributed by atoms with E-state index >= 15 is 0 Å². The van der Waals surface area contributed by atoms with Crippen molar-refractivity contribution >= 4 is 0 Å². The summed E-state index contributed by atoms with van der Waals surface area (Å²) < 4.78 is 0. The Balaban J connectivity index is 2.92. The third kappa shape index (κ3) is 10.0. The quantitative estimate of drug-likeness (QED) is 0.484. The van der Waals surface area contributed by atoms with Gasteiger partial charge in [0, 0.05) is 0 Å². The van der Waals surface area contributed by atoms with Crippen LogP contribution in [0, 0.1) is 0 Å². The van der Waals surface area contributed by atoms with E-state index in [9.17, 15) is 0 Å². The molecule has 0 aromatic carbocycles. The Bertz CT molecular complexity index is 104. The molecule has 4 N–H and O–H groups in total. The van der Waals surface area contributed by atoms with E-state index in [0.717, 1.165) is 6.04 Å². The summed E-state index contributed by atoms with van der Waals surface area (Å²) in [4.78, 5) is 0. The van der Waals surface area contributed by atoms with Crippen LogP contribution < -0.4 is 10.6 Å². The van der Waals surface area contributed by atoms with Gasteiger partial charge < -0.3 is 10.6 Å². The Labute approximate surface area is 89.9 Å². The molecule has 0 unspecified atom stereocenters. The van der Waals surface area contributed by atoms with Gasteiger partial charge in [0.1, 0.15) is 13.1 Å². The number of nitrogens with two attached hydrogens (primary N) is 2. The van der Waals surface area contributed by atoms with Gasteiger partial charge in [-0.3, -0.25) is 0 Å². The van der Waals surface area contributed by atoms with E-state index < -0.39 is 0 Å². The summed E-state index contributed by atoms with van der Waals surface area (Å²) in [6, 6.07) is 0.809. The Morgan fingerprint density at radius 3 is 2.36 bits per heavy atom. The van der Waals surface area contributed by atoms with Gasteiger partial charge in [0.25, 0.3) is 0 Å². The first-order valence-corrected chi connectivity index (χ1v) is 6.46. The van der Waals surface area contributed by atoms with Gasteiger partial charge in [-0.25, -0.2) is 0 Å². The second kappa shape index (κ2) is 11.0. The maximum Gasteiger partial charge on any atom is 0.125 e. The first-order chi connectivity index (χ1) is 6.81. The van der Waals surface area contributed by atoms with E-state index in [1.807, 2.05) is 0 Å². The van der Waals surface area contributed by atoms with Gasteiger partial charge >= 0.3 is 0 Å². The van der Waals surface area contributed by atoms with Crippen molar-refractivity contribution in [2.45, 2.75) is 58.9 Å². The first kappa shape index (κ1) is 13.9. The summed E-state index contributed by atoms with van der Waals surface area (Å²) in [5, 5.41) is 4.93. The molecule has 86 valence electrons. The summed E-state index contributed by atoms with van der Waals surface area (Å²) in [7, 11) is 0. The molecule has 0 aliphatic rings. The monoisotopic (exact) mass is 202 g/mol. The highest BCUT2D eigenvalue weighted by Gasteiger charge is 2.00. The fraction of sp³-hybridized carbons (Fsp3) is 1.00. The van der Waals surface area contributed by atoms with Crippen molar-refractivity contribution in [3.05, 3.63) is 0 Å². The Morgan fingerprint density at radius 1 is 0.929 bits per heavy atom. The fourth-order valence-corrected chi connectivity index (χ4v) is 1.53. The standard InChI is InChI=1S/C12H28N2/c1-4-6-7-8-9-13-10-11-14-12(3)5-2/h12-14H,4-11H2,1-3H3/p+2/t12-/m1/s1. The average molecular weight is 202 g/mol. The minimum absolute atomic E-state index is 0.809. The van der Waals surface area contributed by atoms with Gasteiger partial charge in [0.15, 0.2) is 0 Å². The molecule has 0 radical (unpaired) electrons. The topological polar surface area (TPSA) is 33.2 Å². The molecule has 0 bridgehead atoms. The zero-order valence-electron chi connectivity index (χ0n) is 10.4. The van der Waals surface area contributed by atoms with Crippen LogP contribution in [0.1, 0.15) is 52.9 Å². The van der Waals surface area contributed by atoms with Crippen LogP contribution >= 0.6 is 0 Å². The molecule has 0 saturated carbocycles. The first-order valence-electron chi connectivity index (χ1n) is 6.46. The molecular formula is C12H30N2+2. The molecule has 14 heavy (non-hydrogen) atoms. The Morgan fingerprint density at radius 2 is 1.71 bits per heavy atom. The van der Waals surface area contributed by atoms with Crippen LogP contribution in [0.2, 0.25) is 0 Å². The highest BCUT2D eigenvalue weighted by atomic mass is 15.0. The molecule has 0 amide bonds. The molecule has 2 nitrogen and oxygen atoms in total. The molecule has 0 aromatic heterocycles. The molecule has 2 heteroatoms. The third-order valence-electron chi connectivity index (χ3n) is 2.85. The number of rotatable bonds is 10. The van der Waals surface area contributed by atoms with Gasteiger partial charge in [-0.05, 0) is 26.2 Å². The molecule has 0 aliphatic heterocycles. The lowest BCUT2D eigenvalue weighted by Crippen LogP contribution is -2.97. The van der Waals surface area contributed by atoms with Gasteiger partial charge in [0.05, 0.1) is 12.6 Å². The van der Waals surface area contributed by atoms with Crippen LogP contribution in [0.25, 0.3) is 0 Å².